The lowest BCUT2D eigenvalue weighted by Gasteiger charge is -2.39. The van der Waals surface area contributed by atoms with Crippen LogP contribution in [0.1, 0.15) is 50.4 Å². The average molecular weight is 426 g/mol. The lowest BCUT2D eigenvalue weighted by molar-refractivity contribution is -0.149. The van der Waals surface area contributed by atoms with Crippen LogP contribution >= 0.6 is 11.3 Å². The van der Waals surface area contributed by atoms with Gasteiger partial charge in [0.15, 0.2) is 5.60 Å². The molecule has 2 aliphatic carbocycles. The van der Waals surface area contributed by atoms with Crippen molar-refractivity contribution in [3.05, 3.63) is 41.3 Å². The van der Waals surface area contributed by atoms with Gasteiger partial charge in [-0.3, -0.25) is 4.79 Å². The van der Waals surface area contributed by atoms with Crippen LogP contribution in [0.3, 0.4) is 0 Å². The fraction of sp³-hybridized carbons (Fsp3) is 0.500. The van der Waals surface area contributed by atoms with Gasteiger partial charge in [-0.2, -0.15) is 0 Å². The lowest BCUT2D eigenvalue weighted by Crippen LogP contribution is -2.52. The number of carbonyl (C=O) groups is 2. The van der Waals surface area contributed by atoms with Crippen molar-refractivity contribution in [3.63, 3.8) is 0 Å². The number of ether oxygens (including phenoxy) is 2. The number of amides is 1. The molecule has 30 heavy (non-hydrogen) atoms. The second-order valence-electron chi connectivity index (χ2n) is 9.20. The summed E-state index contributed by atoms with van der Waals surface area (Å²) in [5, 5.41) is 5.53. The van der Waals surface area contributed by atoms with Crippen molar-refractivity contribution in [3.8, 4) is 11.1 Å². The summed E-state index contributed by atoms with van der Waals surface area (Å²) >= 11 is 1.36. The van der Waals surface area contributed by atoms with E-state index in [9.17, 15) is 9.59 Å². The van der Waals surface area contributed by atoms with Crippen molar-refractivity contribution >= 4 is 28.2 Å². The van der Waals surface area contributed by atoms with Gasteiger partial charge in [-0.25, -0.2) is 4.79 Å². The molecular formula is C24H27NO4S. The van der Waals surface area contributed by atoms with Crippen LogP contribution in [-0.4, -0.2) is 30.7 Å². The molecule has 1 saturated heterocycles. The van der Waals surface area contributed by atoms with Crippen LogP contribution in [0.15, 0.2) is 35.7 Å². The van der Waals surface area contributed by atoms with Gasteiger partial charge in [0.25, 0.3) is 5.91 Å². The number of rotatable bonds is 5. The second kappa shape index (κ2) is 6.66. The first-order chi connectivity index (χ1) is 14.4. The van der Waals surface area contributed by atoms with E-state index in [0.717, 1.165) is 30.4 Å². The maximum Gasteiger partial charge on any atom is 0.341 e. The number of benzene rings is 1. The summed E-state index contributed by atoms with van der Waals surface area (Å²) in [6, 6.07) is 9.71. The summed E-state index contributed by atoms with van der Waals surface area (Å²) in [6.45, 7) is 7.18. The minimum Gasteiger partial charge on any atom is -0.462 e. The molecule has 2 heterocycles. The number of anilines is 1. The summed E-state index contributed by atoms with van der Waals surface area (Å²) in [7, 11) is 0. The Bertz CT molecular complexity index is 1020. The van der Waals surface area contributed by atoms with Gasteiger partial charge in [-0.05, 0) is 37.7 Å². The number of hydrogen-bond acceptors (Lipinski definition) is 5. The van der Waals surface area contributed by atoms with E-state index in [0.29, 0.717) is 23.1 Å². The molecule has 5 nitrogen and oxygen atoms in total. The van der Waals surface area contributed by atoms with E-state index in [1.807, 2.05) is 35.7 Å². The highest BCUT2D eigenvalue weighted by Crippen LogP contribution is 2.75. The highest BCUT2D eigenvalue weighted by Gasteiger charge is 2.78. The molecule has 1 amide bonds. The number of hydrogen-bond donors (Lipinski definition) is 1. The van der Waals surface area contributed by atoms with Gasteiger partial charge in [0.2, 0.25) is 0 Å². The predicted octanol–water partition coefficient (Wildman–Crippen LogP) is 5.13. The molecule has 0 unspecified atom stereocenters. The number of nitrogens with one attached hydrogen (secondary N) is 1. The van der Waals surface area contributed by atoms with Crippen molar-refractivity contribution in [2.24, 2.45) is 16.7 Å². The summed E-state index contributed by atoms with van der Waals surface area (Å²) < 4.78 is 11.6. The molecule has 158 valence electrons. The van der Waals surface area contributed by atoms with Gasteiger partial charge >= 0.3 is 5.97 Å². The van der Waals surface area contributed by atoms with Crippen molar-refractivity contribution in [1.82, 2.24) is 0 Å². The molecule has 1 aliphatic heterocycles. The number of carbonyl (C=O) groups excluding carboxylic acids is 2. The van der Waals surface area contributed by atoms with Gasteiger partial charge in [-0.1, -0.05) is 44.2 Å². The van der Waals surface area contributed by atoms with Gasteiger partial charge in [-0.15, -0.1) is 11.3 Å². The Balaban J connectivity index is 1.51. The first-order valence-electron chi connectivity index (χ1n) is 10.7. The van der Waals surface area contributed by atoms with E-state index in [2.05, 4.69) is 19.2 Å². The van der Waals surface area contributed by atoms with E-state index < -0.39 is 11.6 Å². The summed E-state index contributed by atoms with van der Waals surface area (Å²) in [6.07, 6.45) is 2.93. The molecule has 4 bridgehead atoms. The molecule has 1 aromatic carbocycles. The smallest absolute Gasteiger partial charge is 0.341 e. The van der Waals surface area contributed by atoms with Gasteiger partial charge in [0.1, 0.15) is 10.6 Å². The topological polar surface area (TPSA) is 64.6 Å². The van der Waals surface area contributed by atoms with E-state index in [1.165, 1.54) is 11.3 Å². The number of esters is 1. The molecule has 6 heteroatoms. The summed E-state index contributed by atoms with van der Waals surface area (Å²) in [4.78, 5) is 26.5. The van der Waals surface area contributed by atoms with Crippen molar-refractivity contribution in [2.75, 3.05) is 18.5 Å². The highest BCUT2D eigenvalue weighted by molar-refractivity contribution is 7.15. The maximum absolute atomic E-state index is 13.6. The van der Waals surface area contributed by atoms with Crippen LogP contribution in [0.4, 0.5) is 5.00 Å². The molecule has 0 radical (unpaired) electrons. The molecule has 3 fully saturated rings. The fourth-order valence-electron chi connectivity index (χ4n) is 6.15. The Kier molecular flexibility index (Phi) is 4.39. The standard InChI is InChI=1S/C24H27NO4S/c1-4-28-20(26)18-17(15-8-6-5-7-9-15)13-30-19(18)25-21(27)24-12-16-10-11-23(24,3)22(16,2)14-29-24/h5-9,13,16H,4,10-12,14H2,1-3H3,(H,25,27)/t16-,22+,23+,24+/m1/s1. The molecular weight excluding hydrogens is 398 g/mol. The third kappa shape index (κ3) is 2.38. The van der Waals surface area contributed by atoms with Crippen molar-refractivity contribution < 1.29 is 19.1 Å². The van der Waals surface area contributed by atoms with Crippen molar-refractivity contribution in [1.29, 1.82) is 0 Å². The monoisotopic (exact) mass is 425 g/mol. The summed E-state index contributed by atoms with van der Waals surface area (Å²) in [5.74, 6) is -0.0144. The first kappa shape index (κ1) is 19.8. The quantitative estimate of drug-likeness (QED) is 0.675. The Hall–Kier alpha value is -2.18. The zero-order chi connectivity index (χ0) is 21.1. The van der Waals surface area contributed by atoms with Gasteiger partial charge < -0.3 is 14.8 Å². The number of thiophene rings is 1. The third-order valence-corrected chi connectivity index (χ3v) is 9.04. The zero-order valence-electron chi connectivity index (χ0n) is 17.6. The van der Waals surface area contributed by atoms with E-state index in [1.54, 1.807) is 6.92 Å². The lowest BCUT2D eigenvalue weighted by atomic mass is 9.66. The minimum atomic E-state index is -0.812. The van der Waals surface area contributed by atoms with Crippen LogP contribution in [0.2, 0.25) is 0 Å². The van der Waals surface area contributed by atoms with Crippen LogP contribution in [0.25, 0.3) is 11.1 Å². The Morgan fingerprint density at radius 1 is 1.27 bits per heavy atom. The zero-order valence-corrected chi connectivity index (χ0v) is 18.4. The maximum atomic E-state index is 13.6. The molecule has 4 atom stereocenters. The molecule has 1 aromatic heterocycles. The average Bonchev–Trinajstić information content (AvgIpc) is 3.39. The summed E-state index contributed by atoms with van der Waals surface area (Å²) in [5.41, 5.74) is 1.20. The van der Waals surface area contributed by atoms with Gasteiger partial charge in [0, 0.05) is 21.8 Å². The van der Waals surface area contributed by atoms with E-state index >= 15 is 0 Å². The molecule has 0 spiro atoms. The van der Waals surface area contributed by atoms with Crippen LogP contribution in [0, 0.1) is 16.7 Å². The van der Waals surface area contributed by atoms with Crippen molar-refractivity contribution in [2.45, 2.75) is 45.6 Å². The molecule has 1 N–H and O–H groups in total. The predicted molar refractivity (Wildman–Crippen MR) is 117 cm³/mol. The van der Waals surface area contributed by atoms with Crippen LogP contribution in [0.5, 0.6) is 0 Å². The Morgan fingerprint density at radius 3 is 2.70 bits per heavy atom. The SMILES string of the molecule is CCOC(=O)c1c(-c2ccccc2)csc1NC(=O)[C@@]12C[C@H]3CC[C@@]1(C)[C@@]3(C)CO2. The molecule has 3 aliphatic rings. The molecule has 2 saturated carbocycles. The second-order valence-corrected chi connectivity index (χ2v) is 10.1. The minimum absolute atomic E-state index is 0.0545. The van der Waals surface area contributed by atoms with E-state index in [-0.39, 0.29) is 23.3 Å². The normalized spacial score (nSPS) is 33.6. The Morgan fingerprint density at radius 2 is 2.03 bits per heavy atom. The highest BCUT2D eigenvalue weighted by atomic mass is 32.1. The third-order valence-electron chi connectivity index (χ3n) is 8.15. The van der Waals surface area contributed by atoms with E-state index in [4.69, 9.17) is 9.47 Å². The molecule has 5 rings (SSSR count). The Labute approximate surface area is 180 Å². The first-order valence-corrected chi connectivity index (χ1v) is 11.5. The fourth-order valence-corrected chi connectivity index (χ4v) is 7.10. The molecule has 2 aromatic rings. The van der Waals surface area contributed by atoms with Crippen LogP contribution in [-0.2, 0) is 14.3 Å². The van der Waals surface area contributed by atoms with Crippen LogP contribution < -0.4 is 5.32 Å². The van der Waals surface area contributed by atoms with Gasteiger partial charge in [0.05, 0.1) is 13.2 Å². The largest absolute Gasteiger partial charge is 0.462 e.